The van der Waals surface area contributed by atoms with Crippen molar-refractivity contribution in [2.45, 2.75) is 13.8 Å². The van der Waals surface area contributed by atoms with E-state index in [1.165, 1.54) is 18.2 Å². The van der Waals surface area contributed by atoms with Crippen molar-refractivity contribution in [3.63, 3.8) is 0 Å². The molecule has 0 radical (unpaired) electrons. The second-order valence-electron chi connectivity index (χ2n) is 4.57. The van der Waals surface area contributed by atoms with E-state index < -0.39 is 5.82 Å². The lowest BCUT2D eigenvalue weighted by atomic mass is 10.2. The molecule has 1 amide bonds. The number of carbonyl (C=O) groups is 1. The van der Waals surface area contributed by atoms with E-state index in [9.17, 15) is 9.18 Å². The van der Waals surface area contributed by atoms with Gasteiger partial charge in [0, 0.05) is 17.8 Å². The lowest BCUT2D eigenvalue weighted by Crippen LogP contribution is -2.13. The molecule has 0 bridgehead atoms. The molecule has 0 saturated carbocycles. The first-order chi connectivity index (χ1) is 9.97. The SMILES string of the molecule is CCNc1cc(C(=O)Nc2cc(C)cc(F)c2)cc(Cl)n1. The van der Waals surface area contributed by atoms with Gasteiger partial charge in [0.15, 0.2) is 0 Å². The molecule has 0 aliphatic carbocycles. The maximum Gasteiger partial charge on any atom is 0.255 e. The summed E-state index contributed by atoms with van der Waals surface area (Å²) in [5.74, 6) is -0.250. The predicted molar refractivity (Wildman–Crippen MR) is 82.5 cm³/mol. The second-order valence-corrected chi connectivity index (χ2v) is 4.95. The number of hydrogen-bond donors (Lipinski definition) is 2. The Hall–Kier alpha value is -2.14. The van der Waals surface area contributed by atoms with Crippen LogP contribution in [0.1, 0.15) is 22.8 Å². The topological polar surface area (TPSA) is 54.0 Å². The molecular formula is C15H15ClFN3O. The van der Waals surface area contributed by atoms with Gasteiger partial charge in [-0.1, -0.05) is 11.6 Å². The van der Waals surface area contributed by atoms with Crippen LogP contribution in [0.2, 0.25) is 5.15 Å². The third-order valence-electron chi connectivity index (χ3n) is 2.71. The molecule has 6 heteroatoms. The number of carbonyl (C=O) groups excluding carboxylic acids is 1. The van der Waals surface area contributed by atoms with Gasteiger partial charge in [-0.2, -0.15) is 0 Å². The van der Waals surface area contributed by atoms with E-state index in [4.69, 9.17) is 11.6 Å². The van der Waals surface area contributed by atoms with Crippen molar-refractivity contribution in [3.05, 3.63) is 52.4 Å². The van der Waals surface area contributed by atoms with E-state index in [0.29, 0.717) is 23.6 Å². The van der Waals surface area contributed by atoms with Gasteiger partial charge < -0.3 is 10.6 Å². The van der Waals surface area contributed by atoms with Crippen molar-refractivity contribution in [2.24, 2.45) is 0 Å². The van der Waals surface area contributed by atoms with E-state index in [2.05, 4.69) is 15.6 Å². The minimum absolute atomic E-state index is 0.217. The number of aryl methyl sites for hydroxylation is 1. The third kappa shape index (κ3) is 4.16. The van der Waals surface area contributed by atoms with Crippen LogP contribution in [-0.4, -0.2) is 17.4 Å². The molecule has 1 aromatic heterocycles. The van der Waals surface area contributed by atoms with Crippen LogP contribution in [0.15, 0.2) is 30.3 Å². The normalized spacial score (nSPS) is 10.3. The van der Waals surface area contributed by atoms with Crippen LogP contribution in [-0.2, 0) is 0 Å². The molecule has 21 heavy (non-hydrogen) atoms. The van der Waals surface area contributed by atoms with Crippen LogP contribution < -0.4 is 10.6 Å². The summed E-state index contributed by atoms with van der Waals surface area (Å²) in [5.41, 5.74) is 1.48. The van der Waals surface area contributed by atoms with Crippen molar-refractivity contribution in [2.75, 3.05) is 17.2 Å². The fourth-order valence-corrected chi connectivity index (χ4v) is 2.12. The summed E-state index contributed by atoms with van der Waals surface area (Å²) in [7, 11) is 0. The Labute approximate surface area is 127 Å². The lowest BCUT2D eigenvalue weighted by molar-refractivity contribution is 0.102. The number of halogens is 2. The number of rotatable bonds is 4. The number of amides is 1. The Morgan fingerprint density at radius 1 is 1.29 bits per heavy atom. The van der Waals surface area contributed by atoms with Gasteiger partial charge >= 0.3 is 0 Å². The molecule has 0 saturated heterocycles. The molecule has 2 N–H and O–H groups in total. The Morgan fingerprint density at radius 3 is 2.71 bits per heavy atom. The van der Waals surface area contributed by atoms with Gasteiger partial charge in [0.1, 0.15) is 16.8 Å². The number of nitrogens with one attached hydrogen (secondary N) is 2. The van der Waals surface area contributed by atoms with Crippen LogP contribution in [0.3, 0.4) is 0 Å². The highest BCUT2D eigenvalue weighted by Crippen LogP contribution is 2.18. The first-order valence-corrected chi connectivity index (χ1v) is 6.85. The lowest BCUT2D eigenvalue weighted by Gasteiger charge is -2.09. The number of anilines is 2. The van der Waals surface area contributed by atoms with Gasteiger partial charge in [0.2, 0.25) is 0 Å². The molecule has 1 aromatic carbocycles. The summed E-state index contributed by atoms with van der Waals surface area (Å²) in [6, 6.07) is 7.40. The quantitative estimate of drug-likeness (QED) is 0.843. The zero-order chi connectivity index (χ0) is 15.4. The summed E-state index contributed by atoms with van der Waals surface area (Å²) in [6.45, 7) is 4.33. The molecule has 0 spiro atoms. The molecule has 0 unspecified atom stereocenters. The van der Waals surface area contributed by atoms with E-state index >= 15 is 0 Å². The van der Waals surface area contributed by atoms with Crippen LogP contribution in [0, 0.1) is 12.7 Å². The van der Waals surface area contributed by atoms with E-state index in [-0.39, 0.29) is 11.1 Å². The molecule has 110 valence electrons. The Bertz CT molecular complexity index is 656. The minimum atomic E-state index is -0.397. The second kappa shape index (κ2) is 6.54. The summed E-state index contributed by atoms with van der Waals surface area (Å²) in [6.07, 6.45) is 0. The number of aromatic nitrogens is 1. The summed E-state index contributed by atoms with van der Waals surface area (Å²) in [5, 5.41) is 5.85. The van der Waals surface area contributed by atoms with Crippen LogP contribution >= 0.6 is 11.6 Å². The van der Waals surface area contributed by atoms with Crippen LogP contribution in [0.4, 0.5) is 15.9 Å². The monoisotopic (exact) mass is 307 g/mol. The Kier molecular flexibility index (Phi) is 4.75. The van der Waals surface area contributed by atoms with E-state index in [0.717, 1.165) is 5.56 Å². The largest absolute Gasteiger partial charge is 0.370 e. The maximum atomic E-state index is 13.3. The van der Waals surface area contributed by atoms with Crippen molar-refractivity contribution in [3.8, 4) is 0 Å². The average molecular weight is 308 g/mol. The van der Waals surface area contributed by atoms with Gasteiger partial charge in [-0.25, -0.2) is 9.37 Å². The Morgan fingerprint density at radius 2 is 2.05 bits per heavy atom. The number of benzene rings is 1. The Balaban J connectivity index is 2.23. The highest BCUT2D eigenvalue weighted by molar-refractivity contribution is 6.30. The summed E-state index contributed by atoms with van der Waals surface area (Å²) in [4.78, 5) is 16.3. The first-order valence-electron chi connectivity index (χ1n) is 6.48. The van der Waals surface area contributed by atoms with Gasteiger partial charge in [0.25, 0.3) is 5.91 Å². The minimum Gasteiger partial charge on any atom is -0.370 e. The zero-order valence-corrected chi connectivity index (χ0v) is 12.5. The number of pyridine rings is 1. The van der Waals surface area contributed by atoms with Crippen LogP contribution in [0.25, 0.3) is 0 Å². The van der Waals surface area contributed by atoms with Crippen molar-refractivity contribution >= 4 is 29.0 Å². The summed E-state index contributed by atoms with van der Waals surface area (Å²) >= 11 is 5.89. The molecule has 0 aliphatic heterocycles. The highest BCUT2D eigenvalue weighted by Gasteiger charge is 2.10. The maximum absolute atomic E-state index is 13.3. The number of hydrogen-bond acceptors (Lipinski definition) is 3. The molecular weight excluding hydrogens is 293 g/mol. The van der Waals surface area contributed by atoms with E-state index in [1.54, 1.807) is 19.1 Å². The van der Waals surface area contributed by atoms with Crippen molar-refractivity contribution in [1.82, 2.24) is 4.98 Å². The predicted octanol–water partition coefficient (Wildman–Crippen LogP) is 3.87. The van der Waals surface area contributed by atoms with Crippen molar-refractivity contribution in [1.29, 1.82) is 0 Å². The highest BCUT2D eigenvalue weighted by atomic mass is 35.5. The average Bonchev–Trinajstić information content (AvgIpc) is 2.37. The van der Waals surface area contributed by atoms with Gasteiger partial charge in [-0.05, 0) is 49.7 Å². The molecule has 0 atom stereocenters. The van der Waals surface area contributed by atoms with Gasteiger partial charge in [-0.15, -0.1) is 0 Å². The number of nitrogens with zero attached hydrogens (tertiary/aromatic N) is 1. The molecule has 2 aromatic rings. The standard InChI is InChI=1S/C15H15ClFN3O/c1-3-18-14-7-10(6-13(16)20-14)15(21)19-12-5-9(2)4-11(17)8-12/h4-8H,3H2,1-2H3,(H,18,20)(H,19,21). The molecule has 0 aliphatic rings. The fourth-order valence-electron chi connectivity index (χ4n) is 1.91. The summed E-state index contributed by atoms with van der Waals surface area (Å²) < 4.78 is 13.3. The first kappa shape index (κ1) is 15.3. The smallest absolute Gasteiger partial charge is 0.255 e. The molecule has 4 nitrogen and oxygen atoms in total. The van der Waals surface area contributed by atoms with E-state index in [1.807, 2.05) is 6.92 Å². The van der Waals surface area contributed by atoms with Crippen LogP contribution in [0.5, 0.6) is 0 Å². The third-order valence-corrected chi connectivity index (χ3v) is 2.91. The fraction of sp³-hybridized carbons (Fsp3) is 0.200. The van der Waals surface area contributed by atoms with Gasteiger partial charge in [-0.3, -0.25) is 4.79 Å². The molecule has 2 rings (SSSR count). The van der Waals surface area contributed by atoms with Gasteiger partial charge in [0.05, 0.1) is 0 Å². The molecule has 0 fully saturated rings. The molecule has 1 heterocycles. The zero-order valence-electron chi connectivity index (χ0n) is 11.7. The van der Waals surface area contributed by atoms with Crippen molar-refractivity contribution < 1.29 is 9.18 Å².